The Hall–Kier alpha value is -1.10. The van der Waals surface area contributed by atoms with E-state index in [-0.39, 0.29) is 17.8 Å². The second-order valence-electron chi connectivity index (χ2n) is 3.66. The van der Waals surface area contributed by atoms with Crippen molar-refractivity contribution in [1.82, 2.24) is 4.90 Å². The number of carbonyl (C=O) groups is 2. The van der Waals surface area contributed by atoms with Gasteiger partial charge >= 0.3 is 5.97 Å². The number of hydrogen-bond acceptors (Lipinski definition) is 4. The van der Waals surface area contributed by atoms with E-state index in [0.717, 1.165) is 0 Å². The third-order valence-electron chi connectivity index (χ3n) is 2.28. The minimum Gasteiger partial charge on any atom is -0.469 e. The largest absolute Gasteiger partial charge is 0.469 e. The summed E-state index contributed by atoms with van der Waals surface area (Å²) in [6.45, 7) is 3.90. The number of ether oxygens (including phenoxy) is 1. The number of hydrogen-bond donors (Lipinski definition) is 1. The lowest BCUT2D eigenvalue weighted by Crippen LogP contribution is -2.43. The van der Waals surface area contributed by atoms with Gasteiger partial charge in [-0.15, -0.1) is 0 Å². The molecule has 0 saturated carbocycles. The molecule has 0 saturated heterocycles. The maximum Gasteiger partial charge on any atom is 0.310 e. The van der Waals surface area contributed by atoms with Crippen molar-refractivity contribution in [2.75, 3.05) is 20.7 Å². The minimum absolute atomic E-state index is 0.145. The Labute approximate surface area is 90.6 Å². The molecule has 0 aliphatic rings. The molecule has 0 spiro atoms. The van der Waals surface area contributed by atoms with Crippen molar-refractivity contribution < 1.29 is 14.3 Å². The first-order chi connectivity index (χ1) is 6.93. The molecule has 0 aromatic rings. The summed E-state index contributed by atoms with van der Waals surface area (Å²) in [5.74, 6) is -0.791. The summed E-state index contributed by atoms with van der Waals surface area (Å²) >= 11 is 0. The van der Waals surface area contributed by atoms with Gasteiger partial charge in [0, 0.05) is 13.6 Å². The van der Waals surface area contributed by atoms with Gasteiger partial charge in [-0.1, -0.05) is 13.8 Å². The van der Waals surface area contributed by atoms with Crippen LogP contribution in [0.25, 0.3) is 0 Å². The molecule has 0 heterocycles. The van der Waals surface area contributed by atoms with Crippen LogP contribution in [0.2, 0.25) is 0 Å². The summed E-state index contributed by atoms with van der Waals surface area (Å²) in [7, 11) is 2.97. The van der Waals surface area contributed by atoms with Gasteiger partial charge in [0.25, 0.3) is 0 Å². The fourth-order valence-electron chi connectivity index (χ4n) is 1.23. The van der Waals surface area contributed by atoms with Crippen molar-refractivity contribution >= 4 is 11.9 Å². The van der Waals surface area contributed by atoms with Crippen molar-refractivity contribution in [3.63, 3.8) is 0 Å². The van der Waals surface area contributed by atoms with Crippen LogP contribution in [0.5, 0.6) is 0 Å². The van der Waals surface area contributed by atoms with Crippen molar-refractivity contribution in [2.24, 2.45) is 11.7 Å². The molecule has 15 heavy (non-hydrogen) atoms. The van der Waals surface area contributed by atoms with E-state index in [4.69, 9.17) is 5.73 Å². The predicted molar refractivity (Wildman–Crippen MR) is 57.1 cm³/mol. The van der Waals surface area contributed by atoms with Gasteiger partial charge in [0.2, 0.25) is 5.91 Å². The maximum absolute atomic E-state index is 11.6. The highest BCUT2D eigenvalue weighted by atomic mass is 16.5. The number of likely N-dealkylation sites (N-methyl/N-ethyl adjacent to an activating group) is 1. The molecule has 88 valence electrons. The van der Waals surface area contributed by atoms with E-state index in [1.54, 1.807) is 14.0 Å². The van der Waals surface area contributed by atoms with Crippen LogP contribution in [0.4, 0.5) is 0 Å². The fourth-order valence-corrected chi connectivity index (χ4v) is 1.23. The number of methoxy groups -OCH3 is 1. The van der Waals surface area contributed by atoms with Crippen LogP contribution in [-0.2, 0) is 14.3 Å². The molecule has 5 nitrogen and oxygen atoms in total. The molecule has 0 fully saturated rings. The summed E-state index contributed by atoms with van der Waals surface area (Å²) in [5.41, 5.74) is 5.59. The van der Waals surface area contributed by atoms with Crippen molar-refractivity contribution in [3.05, 3.63) is 0 Å². The zero-order chi connectivity index (χ0) is 12.0. The molecule has 2 unspecified atom stereocenters. The topological polar surface area (TPSA) is 72.6 Å². The number of nitrogens with two attached hydrogens (primary N) is 1. The molecule has 5 heteroatoms. The Morgan fingerprint density at radius 2 is 2.00 bits per heavy atom. The fraction of sp³-hybridized carbons (Fsp3) is 0.800. The van der Waals surface area contributed by atoms with Crippen LogP contribution in [0.3, 0.4) is 0 Å². The van der Waals surface area contributed by atoms with Gasteiger partial charge in [-0.3, -0.25) is 9.59 Å². The first-order valence-electron chi connectivity index (χ1n) is 5.02. The van der Waals surface area contributed by atoms with Gasteiger partial charge in [0.05, 0.1) is 19.1 Å². The molecule has 0 radical (unpaired) electrons. The summed E-state index contributed by atoms with van der Waals surface area (Å²) in [4.78, 5) is 24.2. The van der Waals surface area contributed by atoms with Crippen LogP contribution >= 0.6 is 0 Å². The molecular weight excluding hydrogens is 196 g/mol. The molecule has 0 rings (SSSR count). The molecule has 0 aromatic carbocycles. The quantitative estimate of drug-likeness (QED) is 0.656. The van der Waals surface area contributed by atoms with E-state index in [1.165, 1.54) is 12.0 Å². The van der Waals surface area contributed by atoms with Gasteiger partial charge in [-0.05, 0) is 6.42 Å². The number of esters is 1. The van der Waals surface area contributed by atoms with Gasteiger partial charge < -0.3 is 15.4 Å². The van der Waals surface area contributed by atoms with Gasteiger partial charge in [0.15, 0.2) is 0 Å². The highest BCUT2D eigenvalue weighted by Crippen LogP contribution is 2.02. The van der Waals surface area contributed by atoms with Crippen LogP contribution in [0, 0.1) is 5.92 Å². The normalized spacial score (nSPS) is 14.2. The second kappa shape index (κ2) is 6.40. The lowest BCUT2D eigenvalue weighted by Gasteiger charge is -2.22. The molecule has 0 aromatic heterocycles. The molecule has 1 amide bonds. The average Bonchev–Trinajstić information content (AvgIpc) is 2.25. The lowest BCUT2D eigenvalue weighted by molar-refractivity contribution is -0.146. The van der Waals surface area contributed by atoms with Crippen LogP contribution in [0.1, 0.15) is 20.3 Å². The predicted octanol–water partition coefficient (Wildman–Crippen LogP) is -0.00880. The smallest absolute Gasteiger partial charge is 0.310 e. The summed E-state index contributed by atoms with van der Waals surface area (Å²) < 4.78 is 4.57. The number of carbonyl (C=O) groups excluding carboxylic acids is 2. The lowest BCUT2D eigenvalue weighted by atomic mass is 10.1. The molecule has 0 aliphatic carbocycles. The third-order valence-corrected chi connectivity index (χ3v) is 2.28. The van der Waals surface area contributed by atoms with Crippen molar-refractivity contribution in [1.29, 1.82) is 0 Å². The van der Waals surface area contributed by atoms with Crippen LogP contribution in [-0.4, -0.2) is 43.5 Å². The SMILES string of the molecule is CCC(N)C(=O)N(C)CC(C)C(=O)OC. The molecule has 2 atom stereocenters. The zero-order valence-electron chi connectivity index (χ0n) is 9.82. The Morgan fingerprint density at radius 1 is 1.47 bits per heavy atom. The molecule has 0 aliphatic heterocycles. The Bertz CT molecular complexity index is 231. The van der Waals surface area contributed by atoms with E-state index in [9.17, 15) is 9.59 Å². The van der Waals surface area contributed by atoms with E-state index in [1.807, 2.05) is 6.92 Å². The zero-order valence-corrected chi connectivity index (χ0v) is 9.82. The van der Waals surface area contributed by atoms with Crippen LogP contribution < -0.4 is 5.73 Å². The number of nitrogens with zero attached hydrogens (tertiary/aromatic N) is 1. The van der Waals surface area contributed by atoms with Crippen molar-refractivity contribution in [3.8, 4) is 0 Å². The second-order valence-corrected chi connectivity index (χ2v) is 3.66. The highest BCUT2D eigenvalue weighted by Gasteiger charge is 2.21. The van der Waals surface area contributed by atoms with Crippen LogP contribution in [0.15, 0.2) is 0 Å². The van der Waals surface area contributed by atoms with E-state index >= 15 is 0 Å². The molecule has 2 N–H and O–H groups in total. The van der Waals surface area contributed by atoms with Gasteiger partial charge in [-0.2, -0.15) is 0 Å². The van der Waals surface area contributed by atoms with E-state index in [2.05, 4.69) is 4.74 Å². The Kier molecular flexibility index (Phi) is 5.93. The maximum atomic E-state index is 11.6. The number of amides is 1. The molecule has 0 bridgehead atoms. The summed E-state index contributed by atoms with van der Waals surface area (Å²) in [6.07, 6.45) is 0.593. The van der Waals surface area contributed by atoms with E-state index < -0.39 is 6.04 Å². The Balaban J connectivity index is 4.18. The first kappa shape index (κ1) is 13.9. The summed E-state index contributed by atoms with van der Waals surface area (Å²) in [6, 6.07) is -0.486. The third kappa shape index (κ3) is 4.29. The summed E-state index contributed by atoms with van der Waals surface area (Å²) in [5, 5.41) is 0. The highest BCUT2D eigenvalue weighted by molar-refractivity contribution is 5.82. The van der Waals surface area contributed by atoms with Gasteiger partial charge in [-0.25, -0.2) is 0 Å². The Morgan fingerprint density at radius 3 is 2.40 bits per heavy atom. The standard InChI is InChI=1S/C10H20N2O3/c1-5-8(11)9(13)12(3)6-7(2)10(14)15-4/h7-8H,5-6,11H2,1-4H3. The molecular formula is C10H20N2O3. The van der Waals surface area contributed by atoms with E-state index in [0.29, 0.717) is 13.0 Å². The minimum atomic E-state index is -0.486. The monoisotopic (exact) mass is 216 g/mol. The van der Waals surface area contributed by atoms with Crippen molar-refractivity contribution in [2.45, 2.75) is 26.3 Å². The van der Waals surface area contributed by atoms with Gasteiger partial charge in [0.1, 0.15) is 0 Å². The average molecular weight is 216 g/mol. The first-order valence-corrected chi connectivity index (χ1v) is 5.02. The number of rotatable bonds is 5.